The van der Waals surface area contributed by atoms with Gasteiger partial charge in [0.25, 0.3) is 11.8 Å². The predicted octanol–water partition coefficient (Wildman–Crippen LogP) is 5.90. The van der Waals surface area contributed by atoms with Gasteiger partial charge < -0.3 is 15.0 Å². The molecule has 2 atom stereocenters. The zero-order valence-corrected chi connectivity index (χ0v) is 23.8. The fraction of sp³-hybridized carbons (Fsp3) is 0.171. The number of aryl methyl sites for hydroxylation is 1. The molecule has 8 nitrogen and oxygen atoms in total. The van der Waals surface area contributed by atoms with Gasteiger partial charge in [0.15, 0.2) is 0 Å². The summed E-state index contributed by atoms with van der Waals surface area (Å²) in [5.74, 6) is -0.00759. The molecule has 8 heteroatoms. The molecule has 4 amide bonds. The highest BCUT2D eigenvalue weighted by Crippen LogP contribution is 2.45. The van der Waals surface area contributed by atoms with Gasteiger partial charge in [-0.25, -0.2) is 9.69 Å². The van der Waals surface area contributed by atoms with Gasteiger partial charge in [-0.3, -0.25) is 14.5 Å². The molecule has 4 aromatic carbocycles. The number of ether oxygens (including phenoxy) is 1. The summed E-state index contributed by atoms with van der Waals surface area (Å²) in [6.45, 7) is 2.33. The van der Waals surface area contributed by atoms with Gasteiger partial charge in [0.2, 0.25) is 0 Å². The van der Waals surface area contributed by atoms with Crippen LogP contribution in [0.5, 0.6) is 5.75 Å². The number of nitrogens with zero attached hydrogens (tertiary/aromatic N) is 2. The third kappa shape index (κ3) is 4.43. The quantitative estimate of drug-likeness (QED) is 0.249. The Morgan fingerprint density at radius 1 is 0.930 bits per heavy atom. The Labute approximate surface area is 248 Å². The zero-order valence-electron chi connectivity index (χ0n) is 23.8. The molecule has 7 rings (SSSR count). The molecule has 1 fully saturated rings. The fourth-order valence-corrected chi connectivity index (χ4v) is 6.27. The number of urea groups is 1. The molecule has 2 N–H and O–H groups in total. The summed E-state index contributed by atoms with van der Waals surface area (Å²) in [7, 11) is 1.61. The minimum atomic E-state index is -0.727. The van der Waals surface area contributed by atoms with Gasteiger partial charge in [-0.15, -0.1) is 0 Å². The molecule has 2 aliphatic rings. The van der Waals surface area contributed by atoms with E-state index in [0.29, 0.717) is 18.7 Å². The molecule has 214 valence electrons. The lowest BCUT2D eigenvalue weighted by molar-refractivity contribution is -0.120. The number of rotatable bonds is 6. The summed E-state index contributed by atoms with van der Waals surface area (Å²) in [4.78, 5) is 48.3. The van der Waals surface area contributed by atoms with E-state index < -0.39 is 18.1 Å². The van der Waals surface area contributed by atoms with Crippen LogP contribution < -0.4 is 15.0 Å². The van der Waals surface area contributed by atoms with Crippen molar-refractivity contribution in [2.24, 2.45) is 0 Å². The molecule has 0 saturated carbocycles. The lowest BCUT2D eigenvalue weighted by atomic mass is 9.89. The number of hydrogen-bond acceptors (Lipinski definition) is 4. The minimum absolute atomic E-state index is 0.265. The second-order valence-corrected chi connectivity index (χ2v) is 11.0. The zero-order chi connectivity index (χ0) is 29.7. The highest BCUT2D eigenvalue weighted by molar-refractivity contribution is 6.24. The molecule has 2 aliphatic heterocycles. The number of amides is 4. The first kappa shape index (κ1) is 26.5. The molecular formula is C35H30N4O4. The molecule has 1 aromatic heterocycles. The smallest absolute Gasteiger partial charge is 0.332 e. The number of anilines is 1. The minimum Gasteiger partial charge on any atom is -0.497 e. The standard InChI is InChI=1S/C35H30N4O4/c1-21-11-13-22(14-12-21)20-36-33(40)26-8-4-6-10-29(26)39-34(41)30-19-27-25-7-3-5-9-28(25)37-31(27)32(38(30)35(39)42)23-15-17-24(43-2)18-16-23/h3-18,30,32,37H,19-20H2,1-2H3,(H,36,40). The number of aromatic amines is 1. The van der Waals surface area contributed by atoms with Crippen LogP contribution in [0.4, 0.5) is 10.5 Å². The summed E-state index contributed by atoms with van der Waals surface area (Å²) in [5.41, 5.74) is 6.34. The van der Waals surface area contributed by atoms with E-state index in [9.17, 15) is 14.4 Å². The highest BCUT2D eigenvalue weighted by Gasteiger charge is 2.53. The SMILES string of the molecule is COc1ccc(C2c3[nH]c4ccccc4c3CC3C(=O)N(c4ccccc4C(=O)NCc4ccc(C)cc4)C(=O)N32)cc1. The number of fused-ring (bicyclic) bond motifs is 4. The first-order valence-corrected chi connectivity index (χ1v) is 14.3. The Kier molecular flexibility index (Phi) is 6.46. The Bertz CT molecular complexity index is 1880. The van der Waals surface area contributed by atoms with E-state index in [2.05, 4.69) is 10.3 Å². The summed E-state index contributed by atoms with van der Waals surface area (Å²) in [5, 5.41) is 3.98. The molecule has 0 radical (unpaired) electrons. The van der Waals surface area contributed by atoms with Crippen LogP contribution in [0.2, 0.25) is 0 Å². The van der Waals surface area contributed by atoms with Gasteiger partial charge >= 0.3 is 6.03 Å². The van der Waals surface area contributed by atoms with E-state index in [1.54, 1.807) is 36.3 Å². The van der Waals surface area contributed by atoms with E-state index >= 15 is 0 Å². The number of hydrogen-bond donors (Lipinski definition) is 2. The maximum Gasteiger partial charge on any atom is 0.332 e. The topological polar surface area (TPSA) is 94.7 Å². The fourth-order valence-electron chi connectivity index (χ4n) is 6.27. The van der Waals surface area contributed by atoms with Crippen LogP contribution in [-0.2, 0) is 17.8 Å². The first-order chi connectivity index (χ1) is 20.9. The summed E-state index contributed by atoms with van der Waals surface area (Å²) in [6, 6.07) is 28.5. The van der Waals surface area contributed by atoms with Gasteiger partial charge in [0.05, 0.1) is 18.4 Å². The third-order valence-corrected chi connectivity index (χ3v) is 8.44. The number of benzene rings is 4. The number of carbonyl (C=O) groups is 3. The summed E-state index contributed by atoms with van der Waals surface area (Å²) in [6.07, 6.45) is 0.370. The molecule has 43 heavy (non-hydrogen) atoms. The predicted molar refractivity (Wildman–Crippen MR) is 164 cm³/mol. The Morgan fingerprint density at radius 2 is 1.65 bits per heavy atom. The molecular weight excluding hydrogens is 540 g/mol. The number of methoxy groups -OCH3 is 1. The number of carbonyl (C=O) groups excluding carboxylic acids is 3. The summed E-state index contributed by atoms with van der Waals surface area (Å²) >= 11 is 0. The summed E-state index contributed by atoms with van der Waals surface area (Å²) < 4.78 is 5.37. The van der Waals surface area contributed by atoms with Crippen LogP contribution in [0.1, 0.15) is 44.3 Å². The molecule has 3 heterocycles. The number of H-pyrrole nitrogens is 1. The Balaban J connectivity index is 1.27. The van der Waals surface area contributed by atoms with Crippen LogP contribution in [0.25, 0.3) is 10.9 Å². The third-order valence-electron chi connectivity index (χ3n) is 8.44. The van der Waals surface area contributed by atoms with Gasteiger partial charge in [-0.05, 0) is 53.9 Å². The lowest BCUT2D eigenvalue weighted by Crippen LogP contribution is -2.44. The largest absolute Gasteiger partial charge is 0.497 e. The Hall–Kier alpha value is -5.37. The second-order valence-electron chi connectivity index (χ2n) is 11.0. The normalized spacial score (nSPS) is 17.6. The van der Waals surface area contributed by atoms with Crippen molar-refractivity contribution < 1.29 is 19.1 Å². The van der Waals surface area contributed by atoms with E-state index in [1.807, 2.05) is 79.7 Å². The van der Waals surface area contributed by atoms with Gasteiger partial charge in [0.1, 0.15) is 17.8 Å². The lowest BCUT2D eigenvalue weighted by Gasteiger charge is -2.36. The van der Waals surface area contributed by atoms with Gasteiger partial charge in [-0.2, -0.15) is 0 Å². The number of aromatic nitrogens is 1. The highest BCUT2D eigenvalue weighted by atomic mass is 16.5. The van der Waals surface area contributed by atoms with Crippen molar-refractivity contribution in [3.63, 3.8) is 0 Å². The van der Waals surface area contributed by atoms with E-state index in [-0.39, 0.29) is 23.1 Å². The molecule has 2 unspecified atom stereocenters. The van der Waals surface area contributed by atoms with E-state index in [0.717, 1.165) is 38.9 Å². The average Bonchev–Trinajstić information content (AvgIpc) is 3.53. The number of para-hydroxylation sites is 2. The molecule has 5 aromatic rings. The monoisotopic (exact) mass is 570 g/mol. The van der Waals surface area contributed by atoms with Gasteiger partial charge in [-0.1, -0.05) is 72.3 Å². The second kappa shape index (κ2) is 10.5. The molecule has 0 spiro atoms. The molecule has 1 saturated heterocycles. The maximum atomic E-state index is 14.3. The van der Waals surface area contributed by atoms with Crippen LogP contribution in [0.15, 0.2) is 97.1 Å². The number of imide groups is 1. The van der Waals surface area contributed by atoms with Crippen molar-refractivity contribution >= 4 is 34.4 Å². The van der Waals surface area contributed by atoms with Crippen LogP contribution in [-0.4, -0.2) is 40.9 Å². The average molecular weight is 571 g/mol. The van der Waals surface area contributed by atoms with Crippen molar-refractivity contribution in [2.75, 3.05) is 12.0 Å². The van der Waals surface area contributed by atoms with Crippen molar-refractivity contribution in [1.82, 2.24) is 15.2 Å². The van der Waals surface area contributed by atoms with Gasteiger partial charge in [0, 0.05) is 29.6 Å². The first-order valence-electron chi connectivity index (χ1n) is 14.3. The van der Waals surface area contributed by atoms with Crippen molar-refractivity contribution in [3.05, 3.63) is 131 Å². The number of nitrogens with one attached hydrogen (secondary N) is 2. The van der Waals surface area contributed by atoms with Crippen LogP contribution >= 0.6 is 0 Å². The van der Waals surface area contributed by atoms with Crippen LogP contribution in [0, 0.1) is 6.92 Å². The van der Waals surface area contributed by atoms with Crippen molar-refractivity contribution in [3.8, 4) is 5.75 Å². The van der Waals surface area contributed by atoms with Crippen molar-refractivity contribution in [2.45, 2.75) is 32.0 Å². The van der Waals surface area contributed by atoms with Crippen LogP contribution in [0.3, 0.4) is 0 Å². The van der Waals surface area contributed by atoms with E-state index in [1.165, 1.54) is 4.90 Å². The van der Waals surface area contributed by atoms with Crippen molar-refractivity contribution in [1.29, 1.82) is 0 Å². The Morgan fingerprint density at radius 3 is 2.42 bits per heavy atom. The van der Waals surface area contributed by atoms with E-state index in [4.69, 9.17) is 4.74 Å². The maximum absolute atomic E-state index is 14.3. The molecule has 0 aliphatic carbocycles. The molecule has 0 bridgehead atoms.